The Bertz CT molecular complexity index is 810. The predicted octanol–water partition coefficient (Wildman–Crippen LogP) is 2.64. The molecule has 2 aromatic heterocycles. The summed E-state index contributed by atoms with van der Waals surface area (Å²) < 4.78 is 6.27. The lowest BCUT2D eigenvalue weighted by Crippen LogP contribution is -2.44. The number of aromatic nitrogens is 2. The first-order chi connectivity index (χ1) is 13.3. The molecule has 0 aliphatic carbocycles. The minimum Gasteiger partial charge on any atom is -0.370 e. The van der Waals surface area contributed by atoms with Crippen molar-refractivity contribution < 1.29 is 9.53 Å². The van der Waals surface area contributed by atoms with Gasteiger partial charge in [0.15, 0.2) is 0 Å². The molecule has 5 rings (SSSR count). The number of hydrogen-bond donors (Lipinski definition) is 2. The lowest BCUT2D eigenvalue weighted by atomic mass is 9.83. The van der Waals surface area contributed by atoms with E-state index in [1.54, 1.807) is 17.5 Å². The number of thiophene rings is 1. The van der Waals surface area contributed by atoms with Gasteiger partial charge in [-0.3, -0.25) is 9.89 Å². The van der Waals surface area contributed by atoms with Gasteiger partial charge >= 0.3 is 0 Å². The number of nitrogens with zero attached hydrogens (tertiary/aromatic N) is 2. The average Bonchev–Trinajstić information content (AvgIpc) is 3.39. The standard InChI is InChI=1S/C20H26N4O2S/c25-19(24-10-1-2-14(13-24)16-3-7-22-23-16)18-12-15-17(27-18)4-11-26-20(15)5-8-21-9-6-20/h3,7,12,14,21H,1-2,4-6,8-11,13H2,(H,22,23). The Kier molecular flexibility index (Phi) is 4.53. The van der Waals surface area contributed by atoms with Gasteiger partial charge in [-0.05, 0) is 56.5 Å². The van der Waals surface area contributed by atoms with Crippen LogP contribution in [0.1, 0.15) is 57.4 Å². The van der Waals surface area contributed by atoms with Gasteiger partial charge in [0, 0.05) is 42.2 Å². The third kappa shape index (κ3) is 3.11. The number of hydrogen-bond acceptors (Lipinski definition) is 5. The SMILES string of the molecule is O=C(c1cc2c(s1)CCOC21CCNCC1)N1CCCC(c2ccn[nH]2)C1. The van der Waals surface area contributed by atoms with Gasteiger partial charge in [0.05, 0.1) is 17.1 Å². The van der Waals surface area contributed by atoms with Gasteiger partial charge in [-0.1, -0.05) is 0 Å². The number of carbonyl (C=O) groups is 1. The van der Waals surface area contributed by atoms with E-state index in [-0.39, 0.29) is 11.5 Å². The number of piperidine rings is 2. The van der Waals surface area contributed by atoms with Crippen LogP contribution in [0.3, 0.4) is 0 Å². The fourth-order valence-corrected chi connectivity index (χ4v) is 6.03. The van der Waals surface area contributed by atoms with Crippen molar-refractivity contribution in [2.24, 2.45) is 0 Å². The molecule has 2 aromatic rings. The van der Waals surface area contributed by atoms with E-state index in [0.29, 0.717) is 5.92 Å². The zero-order chi connectivity index (χ0) is 18.3. The van der Waals surface area contributed by atoms with Crippen LogP contribution in [-0.4, -0.2) is 53.8 Å². The minimum absolute atomic E-state index is 0.172. The highest BCUT2D eigenvalue weighted by Crippen LogP contribution is 2.43. The van der Waals surface area contributed by atoms with Crippen molar-refractivity contribution in [3.8, 4) is 0 Å². The second-order valence-electron chi connectivity index (χ2n) is 7.89. The van der Waals surface area contributed by atoms with E-state index in [1.165, 1.54) is 10.4 Å². The van der Waals surface area contributed by atoms with E-state index in [9.17, 15) is 4.79 Å². The maximum absolute atomic E-state index is 13.3. The Morgan fingerprint density at radius 3 is 3.07 bits per heavy atom. The monoisotopic (exact) mass is 386 g/mol. The molecular weight excluding hydrogens is 360 g/mol. The highest BCUT2D eigenvalue weighted by Gasteiger charge is 2.41. The van der Waals surface area contributed by atoms with E-state index in [2.05, 4.69) is 21.6 Å². The molecule has 2 saturated heterocycles. The highest BCUT2D eigenvalue weighted by atomic mass is 32.1. The van der Waals surface area contributed by atoms with Gasteiger partial charge < -0.3 is 15.0 Å². The molecule has 7 heteroatoms. The molecule has 1 atom stereocenters. The molecule has 6 nitrogen and oxygen atoms in total. The van der Waals surface area contributed by atoms with Crippen LogP contribution >= 0.6 is 11.3 Å². The number of nitrogens with one attached hydrogen (secondary N) is 2. The van der Waals surface area contributed by atoms with Crippen molar-refractivity contribution in [2.75, 3.05) is 32.8 Å². The largest absolute Gasteiger partial charge is 0.370 e. The van der Waals surface area contributed by atoms with Crippen LogP contribution < -0.4 is 5.32 Å². The van der Waals surface area contributed by atoms with E-state index >= 15 is 0 Å². The summed E-state index contributed by atoms with van der Waals surface area (Å²) in [5.74, 6) is 0.543. The Labute approximate surface area is 163 Å². The van der Waals surface area contributed by atoms with Crippen molar-refractivity contribution in [3.63, 3.8) is 0 Å². The molecule has 2 N–H and O–H groups in total. The normalized spacial score (nSPS) is 24.7. The van der Waals surface area contributed by atoms with Crippen molar-refractivity contribution in [3.05, 3.63) is 39.3 Å². The number of amides is 1. The Morgan fingerprint density at radius 2 is 2.26 bits per heavy atom. The lowest BCUT2D eigenvalue weighted by Gasteiger charge is -2.40. The van der Waals surface area contributed by atoms with Crippen LogP contribution in [0, 0.1) is 0 Å². The molecule has 0 bridgehead atoms. The molecule has 27 heavy (non-hydrogen) atoms. The predicted molar refractivity (Wildman–Crippen MR) is 104 cm³/mol. The summed E-state index contributed by atoms with van der Waals surface area (Å²) in [6.07, 6.45) is 6.86. The van der Waals surface area contributed by atoms with Crippen molar-refractivity contribution >= 4 is 17.2 Å². The second kappa shape index (κ2) is 7.04. The van der Waals surface area contributed by atoms with E-state index in [1.807, 2.05) is 11.0 Å². The number of carbonyl (C=O) groups excluding carboxylic acids is 1. The maximum atomic E-state index is 13.3. The molecule has 1 spiro atoms. The molecule has 2 fully saturated rings. The van der Waals surface area contributed by atoms with Crippen LogP contribution in [0.25, 0.3) is 0 Å². The first-order valence-electron chi connectivity index (χ1n) is 10.0. The first kappa shape index (κ1) is 17.4. The minimum atomic E-state index is -0.172. The van der Waals surface area contributed by atoms with Crippen LogP contribution in [0.15, 0.2) is 18.3 Å². The van der Waals surface area contributed by atoms with Crippen LogP contribution in [-0.2, 0) is 16.8 Å². The number of rotatable bonds is 2. The molecule has 1 amide bonds. The number of H-pyrrole nitrogens is 1. The Balaban J connectivity index is 1.38. The van der Waals surface area contributed by atoms with E-state index < -0.39 is 0 Å². The summed E-state index contributed by atoms with van der Waals surface area (Å²) in [7, 11) is 0. The first-order valence-corrected chi connectivity index (χ1v) is 10.8. The van der Waals surface area contributed by atoms with Gasteiger partial charge in [0.2, 0.25) is 0 Å². The molecule has 0 saturated carbocycles. The summed E-state index contributed by atoms with van der Waals surface area (Å²) in [6.45, 7) is 4.35. The fraction of sp³-hybridized carbons (Fsp3) is 0.600. The molecule has 1 unspecified atom stereocenters. The van der Waals surface area contributed by atoms with Crippen molar-refractivity contribution in [1.29, 1.82) is 0 Å². The summed E-state index contributed by atoms with van der Waals surface area (Å²) in [4.78, 5) is 17.5. The average molecular weight is 387 g/mol. The Morgan fingerprint density at radius 1 is 1.37 bits per heavy atom. The van der Waals surface area contributed by atoms with E-state index in [0.717, 1.165) is 75.5 Å². The van der Waals surface area contributed by atoms with Crippen LogP contribution in [0.2, 0.25) is 0 Å². The van der Waals surface area contributed by atoms with Crippen molar-refractivity contribution in [1.82, 2.24) is 20.4 Å². The molecule has 144 valence electrons. The molecular formula is C20H26N4O2S. The highest BCUT2D eigenvalue weighted by molar-refractivity contribution is 7.14. The third-order valence-corrected chi connectivity index (χ3v) is 7.48. The number of aromatic amines is 1. The maximum Gasteiger partial charge on any atom is 0.263 e. The summed E-state index contributed by atoms with van der Waals surface area (Å²) >= 11 is 1.69. The fourth-order valence-electron chi connectivity index (χ4n) is 4.83. The smallest absolute Gasteiger partial charge is 0.263 e. The number of fused-ring (bicyclic) bond motifs is 2. The number of likely N-dealkylation sites (tertiary alicyclic amines) is 1. The van der Waals surface area contributed by atoms with Crippen molar-refractivity contribution in [2.45, 2.75) is 43.6 Å². The summed E-state index contributed by atoms with van der Waals surface area (Å²) in [5, 5.41) is 10.6. The quantitative estimate of drug-likeness (QED) is 0.832. The molecule has 0 radical (unpaired) electrons. The van der Waals surface area contributed by atoms with Crippen LogP contribution in [0.5, 0.6) is 0 Å². The van der Waals surface area contributed by atoms with Crippen LogP contribution in [0.4, 0.5) is 0 Å². The molecule has 5 heterocycles. The lowest BCUT2D eigenvalue weighted by molar-refractivity contribution is -0.0792. The van der Waals surface area contributed by atoms with Gasteiger partial charge in [-0.25, -0.2) is 0 Å². The van der Waals surface area contributed by atoms with Gasteiger partial charge in [0.1, 0.15) is 0 Å². The number of ether oxygens (including phenoxy) is 1. The Hall–Kier alpha value is -1.70. The van der Waals surface area contributed by atoms with E-state index in [4.69, 9.17) is 4.74 Å². The van der Waals surface area contributed by atoms with Gasteiger partial charge in [-0.2, -0.15) is 5.10 Å². The molecule has 3 aliphatic heterocycles. The zero-order valence-electron chi connectivity index (χ0n) is 15.5. The molecule has 3 aliphatic rings. The van der Waals surface area contributed by atoms with Gasteiger partial charge in [-0.15, -0.1) is 11.3 Å². The summed E-state index contributed by atoms with van der Waals surface area (Å²) in [5.41, 5.74) is 2.25. The zero-order valence-corrected chi connectivity index (χ0v) is 16.3. The third-order valence-electron chi connectivity index (χ3n) is 6.30. The summed E-state index contributed by atoms with van der Waals surface area (Å²) in [6, 6.07) is 4.17. The van der Waals surface area contributed by atoms with Gasteiger partial charge in [0.25, 0.3) is 5.91 Å². The second-order valence-corrected chi connectivity index (χ2v) is 9.03. The topological polar surface area (TPSA) is 70.2 Å². The molecule has 0 aromatic carbocycles.